The first-order chi connectivity index (χ1) is 11.7. The maximum absolute atomic E-state index is 12.3. The van der Waals surface area contributed by atoms with Crippen LogP contribution in [-0.2, 0) is 4.79 Å². The monoisotopic (exact) mass is 346 g/mol. The Labute approximate surface area is 150 Å². The van der Waals surface area contributed by atoms with Crippen molar-refractivity contribution in [2.24, 2.45) is 0 Å². The molecule has 1 fully saturated rings. The molecule has 25 heavy (non-hydrogen) atoms. The van der Waals surface area contributed by atoms with Crippen molar-refractivity contribution in [1.82, 2.24) is 10.2 Å². The summed E-state index contributed by atoms with van der Waals surface area (Å²) in [6.07, 6.45) is 3.71. The number of piperidine rings is 1. The van der Waals surface area contributed by atoms with Crippen LogP contribution >= 0.6 is 0 Å². The van der Waals surface area contributed by atoms with Gasteiger partial charge >= 0.3 is 6.03 Å². The highest BCUT2D eigenvalue weighted by molar-refractivity contribution is 5.92. The highest BCUT2D eigenvalue weighted by Crippen LogP contribution is 2.23. The van der Waals surface area contributed by atoms with E-state index >= 15 is 0 Å². The molecule has 1 aromatic carbocycles. The number of rotatable bonds is 4. The second kappa shape index (κ2) is 8.23. The van der Waals surface area contributed by atoms with Gasteiger partial charge in [-0.05, 0) is 58.2 Å². The van der Waals surface area contributed by atoms with E-state index in [4.69, 9.17) is 0 Å². The summed E-state index contributed by atoms with van der Waals surface area (Å²) in [6, 6.07) is 7.59. The fraction of sp³-hybridized carbons (Fsp3) is 0.579. The number of urea groups is 1. The van der Waals surface area contributed by atoms with Crippen LogP contribution in [0.1, 0.15) is 40.0 Å². The molecular weight excluding hydrogens is 316 g/mol. The smallest absolute Gasteiger partial charge is 0.322 e. The fourth-order valence-corrected chi connectivity index (χ4v) is 2.90. The largest absolute Gasteiger partial charge is 0.371 e. The summed E-state index contributed by atoms with van der Waals surface area (Å²) >= 11 is 0. The Morgan fingerprint density at radius 1 is 1.16 bits per heavy atom. The van der Waals surface area contributed by atoms with Crippen molar-refractivity contribution in [3.05, 3.63) is 24.3 Å². The molecule has 2 N–H and O–H groups in total. The van der Waals surface area contributed by atoms with Crippen molar-refractivity contribution >= 4 is 23.3 Å². The first-order valence-corrected chi connectivity index (χ1v) is 8.93. The van der Waals surface area contributed by atoms with Crippen LogP contribution in [0.25, 0.3) is 0 Å². The molecule has 0 aromatic heterocycles. The number of hydrogen-bond acceptors (Lipinski definition) is 3. The number of amides is 3. The first-order valence-electron chi connectivity index (χ1n) is 8.93. The fourth-order valence-electron chi connectivity index (χ4n) is 2.90. The van der Waals surface area contributed by atoms with Gasteiger partial charge in [0.05, 0.1) is 0 Å². The molecule has 1 aliphatic heterocycles. The summed E-state index contributed by atoms with van der Waals surface area (Å²) in [6.45, 7) is 7.88. The number of nitrogens with zero attached hydrogens (tertiary/aromatic N) is 2. The van der Waals surface area contributed by atoms with Crippen molar-refractivity contribution in [2.75, 3.05) is 36.9 Å². The summed E-state index contributed by atoms with van der Waals surface area (Å²) in [5.41, 5.74) is 1.57. The van der Waals surface area contributed by atoms with Crippen LogP contribution in [0.15, 0.2) is 24.3 Å². The minimum atomic E-state index is -0.308. The number of hydrogen-bond donors (Lipinski definition) is 2. The van der Waals surface area contributed by atoms with Gasteiger partial charge < -0.3 is 20.4 Å². The van der Waals surface area contributed by atoms with E-state index in [1.807, 2.05) is 39.0 Å². The third-order valence-electron chi connectivity index (χ3n) is 4.06. The molecule has 3 amide bonds. The Morgan fingerprint density at radius 2 is 1.84 bits per heavy atom. The van der Waals surface area contributed by atoms with Crippen molar-refractivity contribution in [2.45, 2.75) is 45.6 Å². The molecule has 0 spiro atoms. The third-order valence-corrected chi connectivity index (χ3v) is 4.06. The minimum absolute atomic E-state index is 0.0227. The molecule has 1 aliphatic rings. The molecule has 6 heteroatoms. The van der Waals surface area contributed by atoms with Crippen LogP contribution in [0.4, 0.5) is 16.2 Å². The van der Waals surface area contributed by atoms with Crippen LogP contribution in [0, 0.1) is 0 Å². The number of likely N-dealkylation sites (N-methyl/N-ethyl adjacent to an activating group) is 1. The summed E-state index contributed by atoms with van der Waals surface area (Å²) < 4.78 is 0. The summed E-state index contributed by atoms with van der Waals surface area (Å²) in [7, 11) is 1.62. The Bertz CT molecular complexity index is 604. The lowest BCUT2D eigenvalue weighted by Gasteiger charge is -2.29. The summed E-state index contributed by atoms with van der Waals surface area (Å²) in [4.78, 5) is 28.0. The summed E-state index contributed by atoms with van der Waals surface area (Å²) in [5, 5.41) is 5.72. The van der Waals surface area contributed by atoms with Crippen molar-refractivity contribution in [3.8, 4) is 0 Å². The van der Waals surface area contributed by atoms with Gasteiger partial charge in [-0.15, -0.1) is 0 Å². The van der Waals surface area contributed by atoms with E-state index in [1.165, 1.54) is 24.2 Å². The highest BCUT2D eigenvalue weighted by atomic mass is 16.2. The van der Waals surface area contributed by atoms with Gasteiger partial charge in [0, 0.05) is 37.1 Å². The van der Waals surface area contributed by atoms with Gasteiger partial charge in [0.1, 0.15) is 6.54 Å². The Kier molecular flexibility index (Phi) is 6.28. The predicted octanol–water partition coefficient (Wildman–Crippen LogP) is 3.06. The molecular formula is C19H30N4O2. The quantitative estimate of drug-likeness (QED) is 0.881. The average molecular weight is 346 g/mol. The molecule has 6 nitrogen and oxygen atoms in total. The van der Waals surface area contributed by atoms with E-state index < -0.39 is 0 Å². The molecule has 0 atom stereocenters. The summed E-state index contributed by atoms with van der Waals surface area (Å²) in [5.74, 6) is -0.174. The van der Waals surface area contributed by atoms with Crippen molar-refractivity contribution < 1.29 is 9.59 Å². The Balaban J connectivity index is 1.92. The van der Waals surface area contributed by atoms with Gasteiger partial charge in [0.25, 0.3) is 0 Å². The molecule has 1 aromatic rings. The second-order valence-corrected chi connectivity index (χ2v) is 7.68. The van der Waals surface area contributed by atoms with Crippen LogP contribution in [0.3, 0.4) is 0 Å². The number of benzene rings is 1. The molecule has 1 saturated heterocycles. The van der Waals surface area contributed by atoms with Crippen LogP contribution < -0.4 is 15.5 Å². The van der Waals surface area contributed by atoms with E-state index in [9.17, 15) is 9.59 Å². The molecule has 0 bridgehead atoms. The van der Waals surface area contributed by atoms with Crippen molar-refractivity contribution in [3.63, 3.8) is 0 Å². The minimum Gasteiger partial charge on any atom is -0.371 e. The standard InChI is InChI=1S/C19H30N4O2/c1-19(2,3)21-17(24)14-22(4)18(25)20-15-9-8-10-16(13-15)23-11-6-5-7-12-23/h8-10,13H,5-7,11-12,14H2,1-4H3,(H,20,25)(H,21,24). The lowest BCUT2D eigenvalue weighted by molar-refractivity contribution is -0.122. The average Bonchev–Trinajstić information content (AvgIpc) is 2.54. The normalized spacial score (nSPS) is 14.8. The maximum Gasteiger partial charge on any atom is 0.322 e. The van der Waals surface area contributed by atoms with E-state index in [2.05, 4.69) is 21.6 Å². The molecule has 0 unspecified atom stereocenters. The van der Waals surface area contributed by atoms with Gasteiger partial charge in [0.2, 0.25) is 5.91 Å². The van der Waals surface area contributed by atoms with Gasteiger partial charge in [-0.2, -0.15) is 0 Å². The Morgan fingerprint density at radius 3 is 2.48 bits per heavy atom. The SMILES string of the molecule is CN(CC(=O)NC(C)(C)C)C(=O)Nc1cccc(N2CCCCC2)c1. The van der Waals surface area contributed by atoms with Crippen LogP contribution in [-0.4, -0.2) is 49.1 Å². The first kappa shape index (κ1) is 19.1. The molecule has 0 saturated carbocycles. The molecule has 2 rings (SSSR count). The molecule has 0 aliphatic carbocycles. The van der Waals surface area contributed by atoms with Gasteiger partial charge in [-0.1, -0.05) is 6.07 Å². The van der Waals surface area contributed by atoms with Crippen molar-refractivity contribution in [1.29, 1.82) is 0 Å². The second-order valence-electron chi connectivity index (χ2n) is 7.68. The zero-order valence-electron chi connectivity index (χ0n) is 15.8. The highest BCUT2D eigenvalue weighted by Gasteiger charge is 2.18. The molecule has 1 heterocycles. The van der Waals surface area contributed by atoms with Crippen LogP contribution in [0.5, 0.6) is 0 Å². The lowest BCUT2D eigenvalue weighted by atomic mass is 10.1. The van der Waals surface area contributed by atoms with Gasteiger partial charge in [-0.3, -0.25) is 4.79 Å². The third kappa shape index (κ3) is 6.29. The number of carbonyl (C=O) groups is 2. The van der Waals surface area contributed by atoms with E-state index in [1.54, 1.807) is 7.05 Å². The zero-order chi connectivity index (χ0) is 18.4. The van der Waals surface area contributed by atoms with Gasteiger partial charge in [0.15, 0.2) is 0 Å². The lowest BCUT2D eigenvalue weighted by Crippen LogP contribution is -2.47. The van der Waals surface area contributed by atoms with Crippen LogP contribution in [0.2, 0.25) is 0 Å². The number of nitrogens with one attached hydrogen (secondary N) is 2. The van der Waals surface area contributed by atoms with E-state index in [0.717, 1.165) is 24.5 Å². The predicted molar refractivity (Wildman–Crippen MR) is 102 cm³/mol. The maximum atomic E-state index is 12.3. The Hall–Kier alpha value is -2.24. The topological polar surface area (TPSA) is 64.7 Å². The van der Waals surface area contributed by atoms with Gasteiger partial charge in [-0.25, -0.2) is 4.79 Å². The molecule has 138 valence electrons. The zero-order valence-corrected chi connectivity index (χ0v) is 15.8. The number of carbonyl (C=O) groups excluding carboxylic acids is 2. The molecule has 0 radical (unpaired) electrons. The van der Waals surface area contributed by atoms with E-state index in [-0.39, 0.29) is 24.0 Å². The van der Waals surface area contributed by atoms with E-state index in [0.29, 0.717) is 0 Å². The number of anilines is 2.